The molecule has 0 spiro atoms. The zero-order chi connectivity index (χ0) is 12.1. The fourth-order valence-electron chi connectivity index (χ4n) is 2.30. The van der Waals surface area contributed by atoms with Crippen molar-refractivity contribution < 1.29 is 4.79 Å². The normalized spacial score (nSPS) is 17.0. The first-order valence-electron chi connectivity index (χ1n) is 6.22. The fourth-order valence-corrected chi connectivity index (χ4v) is 2.45. The number of carbonyl (C=O) groups excluding carboxylic acids is 1. The van der Waals surface area contributed by atoms with Crippen molar-refractivity contribution in [2.45, 2.75) is 32.2 Å². The van der Waals surface area contributed by atoms with Crippen LogP contribution in [0.5, 0.6) is 0 Å². The Hall–Kier alpha value is -0.860. The second-order valence-electron chi connectivity index (χ2n) is 4.69. The van der Waals surface area contributed by atoms with E-state index in [1.807, 2.05) is 12.1 Å². The zero-order valence-corrected chi connectivity index (χ0v) is 10.7. The Morgan fingerprint density at radius 1 is 1.06 bits per heavy atom. The van der Waals surface area contributed by atoms with E-state index in [-0.39, 0.29) is 5.24 Å². The molecule has 1 aliphatic heterocycles. The average Bonchev–Trinajstić information content (AvgIpc) is 2.32. The number of carbonyl (C=O) groups is 1. The van der Waals surface area contributed by atoms with E-state index < -0.39 is 0 Å². The van der Waals surface area contributed by atoms with Gasteiger partial charge in [0.05, 0.1) is 0 Å². The number of rotatable bonds is 4. The van der Waals surface area contributed by atoms with E-state index in [1.54, 1.807) is 0 Å². The van der Waals surface area contributed by atoms with E-state index >= 15 is 0 Å². The Morgan fingerprint density at radius 3 is 2.24 bits per heavy atom. The van der Waals surface area contributed by atoms with Crippen LogP contribution in [0.15, 0.2) is 24.3 Å². The van der Waals surface area contributed by atoms with Gasteiger partial charge in [-0.3, -0.25) is 9.69 Å². The van der Waals surface area contributed by atoms with Gasteiger partial charge in [-0.2, -0.15) is 0 Å². The van der Waals surface area contributed by atoms with Gasteiger partial charge in [0.25, 0.3) is 0 Å². The molecule has 0 N–H and O–H groups in total. The Bertz CT molecular complexity index is 368. The average molecular weight is 252 g/mol. The minimum absolute atomic E-state index is 0.297. The van der Waals surface area contributed by atoms with Gasteiger partial charge in [-0.15, -0.1) is 0 Å². The third kappa shape index (κ3) is 4.14. The van der Waals surface area contributed by atoms with Crippen LogP contribution in [0.3, 0.4) is 0 Å². The van der Waals surface area contributed by atoms with Crippen molar-refractivity contribution in [3.8, 4) is 0 Å². The number of hydrogen-bond donors (Lipinski definition) is 0. The van der Waals surface area contributed by atoms with Gasteiger partial charge in [-0.1, -0.05) is 30.7 Å². The topological polar surface area (TPSA) is 20.3 Å². The molecule has 2 nitrogen and oxygen atoms in total. The van der Waals surface area contributed by atoms with Gasteiger partial charge in [0.1, 0.15) is 0 Å². The highest BCUT2D eigenvalue weighted by molar-refractivity contribution is 6.63. The molecule has 17 heavy (non-hydrogen) atoms. The first-order chi connectivity index (χ1) is 8.24. The minimum atomic E-state index is -0.297. The van der Waals surface area contributed by atoms with E-state index in [4.69, 9.17) is 11.6 Å². The number of halogens is 1. The van der Waals surface area contributed by atoms with Crippen LogP contribution >= 0.6 is 11.6 Å². The van der Waals surface area contributed by atoms with Crippen molar-refractivity contribution in [1.29, 1.82) is 0 Å². The van der Waals surface area contributed by atoms with E-state index in [0.29, 0.717) is 6.42 Å². The molecular weight excluding hydrogens is 234 g/mol. The van der Waals surface area contributed by atoms with Crippen molar-refractivity contribution in [3.63, 3.8) is 0 Å². The second kappa shape index (κ2) is 6.18. The van der Waals surface area contributed by atoms with E-state index in [9.17, 15) is 4.79 Å². The van der Waals surface area contributed by atoms with Gasteiger partial charge in [0.2, 0.25) is 5.24 Å². The van der Waals surface area contributed by atoms with Crippen LogP contribution in [0.2, 0.25) is 0 Å². The molecule has 0 amide bonds. The molecule has 2 rings (SSSR count). The molecule has 1 aromatic rings. The molecule has 0 atom stereocenters. The summed E-state index contributed by atoms with van der Waals surface area (Å²) in [4.78, 5) is 13.3. The molecule has 0 unspecified atom stereocenters. The molecule has 92 valence electrons. The summed E-state index contributed by atoms with van der Waals surface area (Å²) in [5, 5.41) is -0.297. The first-order valence-corrected chi connectivity index (χ1v) is 6.60. The minimum Gasteiger partial charge on any atom is -0.299 e. The molecular formula is C14H18ClNO. The van der Waals surface area contributed by atoms with Crippen molar-refractivity contribution in [1.82, 2.24) is 4.90 Å². The summed E-state index contributed by atoms with van der Waals surface area (Å²) in [6.07, 6.45) is 4.33. The predicted octanol–water partition coefficient (Wildman–Crippen LogP) is 2.98. The summed E-state index contributed by atoms with van der Waals surface area (Å²) in [6.45, 7) is 3.44. The summed E-state index contributed by atoms with van der Waals surface area (Å²) in [5.74, 6) is 0. The molecule has 0 radical (unpaired) electrons. The maximum Gasteiger partial charge on any atom is 0.226 e. The highest BCUT2D eigenvalue weighted by Crippen LogP contribution is 2.14. The van der Waals surface area contributed by atoms with Crippen LogP contribution < -0.4 is 0 Å². The van der Waals surface area contributed by atoms with Crippen LogP contribution in [0.4, 0.5) is 0 Å². The highest BCUT2D eigenvalue weighted by Gasteiger charge is 2.10. The number of benzene rings is 1. The van der Waals surface area contributed by atoms with Gasteiger partial charge in [-0.25, -0.2) is 0 Å². The molecule has 1 aromatic carbocycles. The van der Waals surface area contributed by atoms with Gasteiger partial charge in [0, 0.05) is 13.0 Å². The summed E-state index contributed by atoms with van der Waals surface area (Å²) >= 11 is 5.36. The summed E-state index contributed by atoms with van der Waals surface area (Å²) in [5.41, 5.74) is 2.31. The molecule has 0 saturated carbocycles. The van der Waals surface area contributed by atoms with Crippen molar-refractivity contribution >= 4 is 16.8 Å². The number of likely N-dealkylation sites (tertiary alicyclic amines) is 1. The first kappa shape index (κ1) is 12.6. The molecule has 1 saturated heterocycles. The molecule has 0 bridgehead atoms. The highest BCUT2D eigenvalue weighted by atomic mass is 35.5. The van der Waals surface area contributed by atoms with Gasteiger partial charge < -0.3 is 0 Å². The lowest BCUT2D eigenvalue weighted by Gasteiger charge is -2.26. The molecule has 3 heteroatoms. The molecule has 1 aliphatic rings. The Kier molecular flexibility index (Phi) is 4.57. The summed E-state index contributed by atoms with van der Waals surface area (Å²) in [6, 6.07) is 8.20. The maximum atomic E-state index is 10.8. The summed E-state index contributed by atoms with van der Waals surface area (Å²) in [7, 11) is 0. The molecule has 1 heterocycles. The van der Waals surface area contributed by atoms with Crippen LogP contribution in [0, 0.1) is 0 Å². The molecule has 0 aliphatic carbocycles. The fraction of sp³-hybridized carbons (Fsp3) is 0.500. The van der Waals surface area contributed by atoms with Gasteiger partial charge in [-0.05, 0) is 48.7 Å². The van der Waals surface area contributed by atoms with Crippen LogP contribution in [-0.4, -0.2) is 23.2 Å². The Morgan fingerprint density at radius 2 is 1.65 bits per heavy atom. The quantitative estimate of drug-likeness (QED) is 0.767. The lowest BCUT2D eigenvalue weighted by Crippen LogP contribution is -2.29. The SMILES string of the molecule is O=C(Cl)Cc1ccc(CN2CCCCC2)cc1. The maximum absolute atomic E-state index is 10.8. The largest absolute Gasteiger partial charge is 0.299 e. The smallest absolute Gasteiger partial charge is 0.226 e. The second-order valence-corrected chi connectivity index (χ2v) is 5.11. The van der Waals surface area contributed by atoms with Crippen LogP contribution in [0.1, 0.15) is 30.4 Å². The van der Waals surface area contributed by atoms with E-state index in [0.717, 1.165) is 12.1 Å². The Labute approximate surface area is 108 Å². The predicted molar refractivity (Wildman–Crippen MR) is 70.1 cm³/mol. The molecule has 1 fully saturated rings. The van der Waals surface area contributed by atoms with E-state index in [1.165, 1.54) is 37.9 Å². The van der Waals surface area contributed by atoms with Crippen LogP contribution in [-0.2, 0) is 17.8 Å². The van der Waals surface area contributed by atoms with Crippen LogP contribution in [0.25, 0.3) is 0 Å². The monoisotopic (exact) mass is 251 g/mol. The zero-order valence-electron chi connectivity index (χ0n) is 9.99. The Balaban J connectivity index is 1.90. The molecule has 0 aromatic heterocycles. The third-order valence-corrected chi connectivity index (χ3v) is 3.35. The lowest BCUT2D eigenvalue weighted by molar-refractivity contribution is -0.111. The van der Waals surface area contributed by atoms with E-state index in [2.05, 4.69) is 17.0 Å². The van der Waals surface area contributed by atoms with Crippen molar-refractivity contribution in [2.24, 2.45) is 0 Å². The van der Waals surface area contributed by atoms with Gasteiger partial charge in [0.15, 0.2) is 0 Å². The number of nitrogens with zero attached hydrogens (tertiary/aromatic N) is 1. The van der Waals surface area contributed by atoms with Gasteiger partial charge >= 0.3 is 0 Å². The lowest BCUT2D eigenvalue weighted by atomic mass is 10.1. The number of hydrogen-bond acceptors (Lipinski definition) is 2. The standard InChI is InChI=1S/C14H18ClNO/c15-14(17)10-12-4-6-13(7-5-12)11-16-8-2-1-3-9-16/h4-7H,1-3,8-11H2. The third-order valence-electron chi connectivity index (χ3n) is 3.22. The van der Waals surface area contributed by atoms with Crippen molar-refractivity contribution in [2.75, 3.05) is 13.1 Å². The number of piperidine rings is 1. The van der Waals surface area contributed by atoms with Crippen molar-refractivity contribution in [3.05, 3.63) is 35.4 Å². The summed E-state index contributed by atoms with van der Waals surface area (Å²) < 4.78 is 0.